The predicted octanol–water partition coefficient (Wildman–Crippen LogP) is 1.30. The van der Waals surface area contributed by atoms with E-state index in [1.54, 1.807) is 18.2 Å². The fourth-order valence-corrected chi connectivity index (χ4v) is 2.06. The van der Waals surface area contributed by atoms with Crippen LogP contribution < -0.4 is 0 Å². The average molecular weight is 259 g/mol. The maximum absolute atomic E-state index is 10.7. The van der Waals surface area contributed by atoms with Crippen molar-refractivity contribution in [2.45, 2.75) is 0 Å². The summed E-state index contributed by atoms with van der Waals surface area (Å²) in [6.45, 7) is 2.61. The molecule has 0 unspecified atom stereocenters. The van der Waals surface area contributed by atoms with Crippen LogP contribution in [0.2, 0.25) is 0 Å². The van der Waals surface area contributed by atoms with Crippen molar-refractivity contribution in [1.29, 1.82) is 5.41 Å². The van der Waals surface area contributed by atoms with Gasteiger partial charge in [0.15, 0.2) is 23.5 Å². The number of aldehydes is 1. The predicted molar refractivity (Wildman–Crippen MR) is 68.6 cm³/mol. The number of nitrogens with one attached hydrogen (secondary N) is 1. The number of amidine groups is 1. The van der Waals surface area contributed by atoms with Gasteiger partial charge in [-0.3, -0.25) is 10.2 Å². The minimum atomic E-state index is 0.328. The first-order chi connectivity index (χ1) is 9.28. The molecule has 1 N–H and O–H groups in total. The number of pyridine rings is 1. The van der Waals surface area contributed by atoms with Crippen molar-refractivity contribution in [3.8, 4) is 0 Å². The van der Waals surface area contributed by atoms with E-state index in [9.17, 15) is 4.79 Å². The van der Waals surface area contributed by atoms with Crippen LogP contribution in [-0.4, -0.2) is 48.3 Å². The standard InChI is InChI=1S/C13H13N3O3/c14-13(16-3-5-18-6-4-16)12-7-10-11(19-12)2-1-9(8-17)15-10/h1-2,7-8,14H,3-6H2. The molecule has 0 atom stereocenters. The number of ether oxygens (including phenoxy) is 1. The molecule has 0 aliphatic carbocycles. The number of aromatic nitrogens is 1. The highest BCUT2D eigenvalue weighted by Gasteiger charge is 2.19. The smallest absolute Gasteiger partial charge is 0.171 e. The first-order valence-corrected chi connectivity index (χ1v) is 6.05. The molecule has 6 nitrogen and oxygen atoms in total. The van der Waals surface area contributed by atoms with Crippen molar-refractivity contribution >= 4 is 23.2 Å². The summed E-state index contributed by atoms with van der Waals surface area (Å²) in [4.78, 5) is 16.7. The van der Waals surface area contributed by atoms with E-state index in [0.717, 1.165) is 0 Å². The van der Waals surface area contributed by atoms with E-state index in [0.29, 0.717) is 61.0 Å². The van der Waals surface area contributed by atoms with E-state index in [2.05, 4.69) is 4.98 Å². The molecule has 98 valence electrons. The molecule has 0 bridgehead atoms. The lowest BCUT2D eigenvalue weighted by molar-refractivity contribution is 0.0675. The summed E-state index contributed by atoms with van der Waals surface area (Å²) in [5.74, 6) is 0.793. The van der Waals surface area contributed by atoms with Crippen molar-refractivity contribution in [2.75, 3.05) is 26.3 Å². The van der Waals surface area contributed by atoms with E-state index in [1.807, 2.05) is 4.90 Å². The maximum Gasteiger partial charge on any atom is 0.171 e. The number of hydrogen-bond acceptors (Lipinski definition) is 5. The van der Waals surface area contributed by atoms with Crippen molar-refractivity contribution in [1.82, 2.24) is 9.88 Å². The van der Waals surface area contributed by atoms with Crippen molar-refractivity contribution < 1.29 is 13.9 Å². The van der Waals surface area contributed by atoms with Crippen molar-refractivity contribution in [2.24, 2.45) is 0 Å². The highest BCUT2D eigenvalue weighted by atomic mass is 16.5. The van der Waals surface area contributed by atoms with Crippen LogP contribution >= 0.6 is 0 Å². The molecule has 6 heteroatoms. The van der Waals surface area contributed by atoms with E-state index < -0.39 is 0 Å². The molecule has 0 radical (unpaired) electrons. The van der Waals surface area contributed by atoms with Gasteiger partial charge in [-0.05, 0) is 12.1 Å². The van der Waals surface area contributed by atoms with Gasteiger partial charge in [0, 0.05) is 19.2 Å². The molecular formula is C13H13N3O3. The first kappa shape index (κ1) is 11.9. The molecule has 0 aromatic carbocycles. The fourth-order valence-electron chi connectivity index (χ4n) is 2.06. The van der Waals surface area contributed by atoms with Gasteiger partial charge in [0.2, 0.25) is 0 Å². The van der Waals surface area contributed by atoms with Gasteiger partial charge in [-0.25, -0.2) is 4.98 Å². The number of carbonyl (C=O) groups is 1. The minimum Gasteiger partial charge on any atom is -0.451 e. The van der Waals surface area contributed by atoms with Gasteiger partial charge in [-0.1, -0.05) is 0 Å². The maximum atomic E-state index is 10.7. The summed E-state index contributed by atoms with van der Waals surface area (Å²) < 4.78 is 10.9. The second-order valence-electron chi connectivity index (χ2n) is 4.30. The minimum absolute atomic E-state index is 0.328. The first-order valence-electron chi connectivity index (χ1n) is 6.05. The molecule has 3 rings (SSSR count). The van der Waals surface area contributed by atoms with Crippen LogP contribution in [0.25, 0.3) is 11.1 Å². The van der Waals surface area contributed by atoms with Crippen LogP contribution in [-0.2, 0) is 4.74 Å². The summed E-state index contributed by atoms with van der Waals surface area (Å²) in [5.41, 5.74) is 1.54. The highest BCUT2D eigenvalue weighted by molar-refractivity contribution is 5.97. The number of rotatable bonds is 2. The Bertz CT molecular complexity index is 629. The van der Waals surface area contributed by atoms with Crippen LogP contribution in [0.3, 0.4) is 0 Å². The topological polar surface area (TPSA) is 79.4 Å². The number of furan rings is 1. The zero-order valence-corrected chi connectivity index (χ0v) is 10.3. The number of morpholine rings is 1. The SMILES string of the molecule is N=C(c1cc2nc(C=O)ccc2o1)N1CCOCC1. The van der Waals surface area contributed by atoms with Gasteiger partial charge in [-0.2, -0.15) is 0 Å². The lowest BCUT2D eigenvalue weighted by Gasteiger charge is -2.27. The van der Waals surface area contributed by atoms with Crippen LogP contribution in [0.15, 0.2) is 22.6 Å². The molecule has 0 saturated carbocycles. The zero-order valence-electron chi connectivity index (χ0n) is 10.3. The van der Waals surface area contributed by atoms with Gasteiger partial charge in [0.25, 0.3) is 0 Å². The molecule has 0 amide bonds. The quantitative estimate of drug-likeness (QED) is 0.499. The Balaban J connectivity index is 1.91. The molecule has 0 spiro atoms. The molecule has 1 fully saturated rings. The van der Waals surface area contributed by atoms with Gasteiger partial charge >= 0.3 is 0 Å². The Labute approximate surface area is 109 Å². The lowest BCUT2D eigenvalue weighted by Crippen LogP contribution is -2.40. The van der Waals surface area contributed by atoms with E-state index in [-0.39, 0.29) is 0 Å². The van der Waals surface area contributed by atoms with Crippen LogP contribution in [0, 0.1) is 5.41 Å². The normalized spacial score (nSPS) is 15.7. The van der Waals surface area contributed by atoms with Crippen LogP contribution in [0.1, 0.15) is 16.2 Å². The second-order valence-corrected chi connectivity index (χ2v) is 4.30. The summed E-state index contributed by atoms with van der Waals surface area (Å²) >= 11 is 0. The zero-order chi connectivity index (χ0) is 13.2. The summed E-state index contributed by atoms with van der Waals surface area (Å²) in [6.07, 6.45) is 0.694. The molecule has 1 saturated heterocycles. The summed E-state index contributed by atoms with van der Waals surface area (Å²) in [7, 11) is 0. The number of carbonyl (C=O) groups excluding carboxylic acids is 1. The van der Waals surface area contributed by atoms with Gasteiger partial charge in [-0.15, -0.1) is 0 Å². The third-order valence-electron chi connectivity index (χ3n) is 3.08. The lowest BCUT2D eigenvalue weighted by atomic mass is 10.3. The monoisotopic (exact) mass is 259 g/mol. The van der Waals surface area contributed by atoms with Crippen LogP contribution in [0.5, 0.6) is 0 Å². The van der Waals surface area contributed by atoms with Gasteiger partial charge in [0.05, 0.1) is 13.2 Å². The van der Waals surface area contributed by atoms with E-state index in [1.165, 1.54) is 0 Å². The number of fused-ring (bicyclic) bond motifs is 1. The van der Waals surface area contributed by atoms with Gasteiger partial charge in [0.1, 0.15) is 11.2 Å². The Kier molecular flexibility index (Phi) is 3.00. The Morgan fingerprint density at radius 2 is 2.16 bits per heavy atom. The van der Waals surface area contributed by atoms with E-state index >= 15 is 0 Å². The highest BCUT2D eigenvalue weighted by Crippen LogP contribution is 2.19. The molecule has 2 aromatic rings. The molecule has 1 aliphatic heterocycles. The van der Waals surface area contributed by atoms with Crippen LogP contribution in [0.4, 0.5) is 0 Å². The molecule has 1 aliphatic rings. The third kappa shape index (κ3) is 2.22. The molecule has 3 heterocycles. The van der Waals surface area contributed by atoms with Crippen molar-refractivity contribution in [3.05, 3.63) is 29.7 Å². The van der Waals surface area contributed by atoms with Crippen molar-refractivity contribution in [3.63, 3.8) is 0 Å². The molecule has 19 heavy (non-hydrogen) atoms. The number of hydrogen-bond donors (Lipinski definition) is 1. The molecular weight excluding hydrogens is 246 g/mol. The third-order valence-corrected chi connectivity index (χ3v) is 3.08. The number of nitrogens with zero attached hydrogens (tertiary/aromatic N) is 2. The Hall–Kier alpha value is -2.21. The van der Waals surface area contributed by atoms with E-state index in [4.69, 9.17) is 14.6 Å². The molecule has 2 aromatic heterocycles. The fraction of sp³-hybridized carbons (Fsp3) is 0.308. The summed E-state index contributed by atoms with van der Waals surface area (Å²) in [5, 5.41) is 8.13. The van der Waals surface area contributed by atoms with Gasteiger partial charge < -0.3 is 14.1 Å². The average Bonchev–Trinajstić information content (AvgIpc) is 2.90. The second kappa shape index (κ2) is 4.81. The summed E-state index contributed by atoms with van der Waals surface area (Å²) in [6, 6.07) is 4.99. The largest absolute Gasteiger partial charge is 0.451 e. The Morgan fingerprint density at radius 3 is 2.89 bits per heavy atom. The Morgan fingerprint density at radius 1 is 1.37 bits per heavy atom.